The van der Waals surface area contributed by atoms with Crippen molar-refractivity contribution in [2.24, 2.45) is 0 Å². The minimum absolute atomic E-state index is 0.0738. The SMILES string of the molecule is Cc1oc(C)c(C(=O)NC2CCOc3ccc(Br)cc32)c1Br. The van der Waals surface area contributed by atoms with Gasteiger partial charge in [-0.15, -0.1) is 0 Å². The van der Waals surface area contributed by atoms with Gasteiger partial charge in [-0.2, -0.15) is 0 Å². The van der Waals surface area contributed by atoms with Crippen molar-refractivity contribution in [2.45, 2.75) is 26.3 Å². The Morgan fingerprint density at radius 3 is 2.73 bits per heavy atom. The summed E-state index contributed by atoms with van der Waals surface area (Å²) in [6, 6.07) is 5.77. The highest BCUT2D eigenvalue weighted by Gasteiger charge is 2.26. The molecule has 0 radical (unpaired) electrons. The van der Waals surface area contributed by atoms with E-state index in [2.05, 4.69) is 37.2 Å². The molecule has 116 valence electrons. The van der Waals surface area contributed by atoms with E-state index in [9.17, 15) is 4.79 Å². The number of carbonyl (C=O) groups is 1. The molecule has 0 saturated heterocycles. The molecule has 1 aliphatic rings. The van der Waals surface area contributed by atoms with Crippen molar-refractivity contribution < 1.29 is 13.9 Å². The van der Waals surface area contributed by atoms with Gasteiger partial charge in [-0.05, 0) is 48.0 Å². The molecule has 6 heteroatoms. The maximum atomic E-state index is 12.6. The lowest BCUT2D eigenvalue weighted by Crippen LogP contribution is -2.32. The molecule has 1 amide bonds. The monoisotopic (exact) mass is 427 g/mol. The smallest absolute Gasteiger partial charge is 0.256 e. The van der Waals surface area contributed by atoms with E-state index in [1.807, 2.05) is 25.1 Å². The molecule has 1 N–H and O–H groups in total. The molecular formula is C16H15Br2NO3. The molecule has 0 spiro atoms. The van der Waals surface area contributed by atoms with Gasteiger partial charge in [0.1, 0.15) is 17.3 Å². The van der Waals surface area contributed by atoms with Crippen molar-refractivity contribution in [1.29, 1.82) is 0 Å². The third-order valence-corrected chi connectivity index (χ3v) is 5.18. The predicted molar refractivity (Wildman–Crippen MR) is 90.3 cm³/mol. The van der Waals surface area contributed by atoms with Crippen LogP contribution in [0.3, 0.4) is 0 Å². The normalized spacial score (nSPS) is 16.8. The lowest BCUT2D eigenvalue weighted by atomic mass is 10.00. The van der Waals surface area contributed by atoms with Crippen molar-refractivity contribution in [3.63, 3.8) is 0 Å². The quantitative estimate of drug-likeness (QED) is 0.755. The van der Waals surface area contributed by atoms with Crippen LogP contribution in [0.25, 0.3) is 0 Å². The molecule has 1 aromatic heterocycles. The van der Waals surface area contributed by atoms with Crippen molar-refractivity contribution in [1.82, 2.24) is 5.32 Å². The van der Waals surface area contributed by atoms with Gasteiger partial charge in [0.25, 0.3) is 5.91 Å². The maximum absolute atomic E-state index is 12.6. The van der Waals surface area contributed by atoms with E-state index in [0.717, 1.165) is 22.2 Å². The molecule has 1 aromatic carbocycles. The van der Waals surface area contributed by atoms with E-state index < -0.39 is 0 Å². The van der Waals surface area contributed by atoms with Crippen molar-refractivity contribution in [3.05, 3.63) is 49.8 Å². The molecule has 3 rings (SSSR count). The van der Waals surface area contributed by atoms with Crippen molar-refractivity contribution in [2.75, 3.05) is 6.61 Å². The summed E-state index contributed by atoms with van der Waals surface area (Å²) < 4.78 is 12.8. The van der Waals surface area contributed by atoms with Crippen molar-refractivity contribution in [3.8, 4) is 5.75 Å². The third-order valence-electron chi connectivity index (χ3n) is 3.73. The zero-order valence-corrected chi connectivity index (χ0v) is 15.4. The van der Waals surface area contributed by atoms with Crippen LogP contribution in [0, 0.1) is 13.8 Å². The Morgan fingerprint density at radius 1 is 1.27 bits per heavy atom. The molecule has 1 aliphatic heterocycles. The lowest BCUT2D eigenvalue weighted by molar-refractivity contribution is 0.0922. The van der Waals surface area contributed by atoms with Gasteiger partial charge >= 0.3 is 0 Å². The number of hydrogen-bond donors (Lipinski definition) is 1. The van der Waals surface area contributed by atoms with Gasteiger partial charge in [-0.25, -0.2) is 0 Å². The molecule has 4 nitrogen and oxygen atoms in total. The highest BCUT2D eigenvalue weighted by atomic mass is 79.9. The fraction of sp³-hybridized carbons (Fsp3) is 0.312. The van der Waals surface area contributed by atoms with E-state index in [1.54, 1.807) is 6.92 Å². The Bertz CT molecular complexity index is 739. The molecule has 1 unspecified atom stereocenters. The molecule has 1 atom stereocenters. The number of nitrogens with one attached hydrogen (secondary N) is 1. The molecule has 0 fully saturated rings. The average Bonchev–Trinajstić information content (AvgIpc) is 2.72. The van der Waals surface area contributed by atoms with Crippen molar-refractivity contribution >= 4 is 37.8 Å². The van der Waals surface area contributed by atoms with Gasteiger partial charge in [-0.1, -0.05) is 15.9 Å². The minimum Gasteiger partial charge on any atom is -0.493 e. The summed E-state index contributed by atoms with van der Waals surface area (Å²) in [5.74, 6) is 2.00. The second-order valence-corrected chi connectivity index (χ2v) is 6.96. The topological polar surface area (TPSA) is 51.5 Å². The van der Waals surface area contributed by atoms with Crippen LogP contribution in [-0.4, -0.2) is 12.5 Å². The first-order chi connectivity index (χ1) is 10.5. The molecule has 22 heavy (non-hydrogen) atoms. The molecule has 0 saturated carbocycles. The van der Waals surface area contributed by atoms with Gasteiger partial charge in [0, 0.05) is 16.5 Å². The summed E-state index contributed by atoms with van der Waals surface area (Å²) in [4.78, 5) is 12.6. The van der Waals surface area contributed by atoms with Crippen LogP contribution in [0.1, 0.15) is 39.9 Å². The first-order valence-electron chi connectivity index (χ1n) is 6.96. The first-order valence-corrected chi connectivity index (χ1v) is 8.54. The standard InChI is InChI=1S/C16H15Br2NO3/c1-8-14(15(18)9(2)22-8)16(20)19-12-5-6-21-13-4-3-10(17)7-11(12)13/h3-4,7,12H,5-6H2,1-2H3,(H,19,20). The largest absolute Gasteiger partial charge is 0.493 e. The van der Waals surface area contributed by atoms with Crippen LogP contribution in [0.15, 0.2) is 31.6 Å². The van der Waals surface area contributed by atoms with Crippen LogP contribution in [-0.2, 0) is 0 Å². The highest BCUT2D eigenvalue weighted by Crippen LogP contribution is 2.35. The lowest BCUT2D eigenvalue weighted by Gasteiger charge is -2.27. The maximum Gasteiger partial charge on any atom is 0.256 e. The fourth-order valence-corrected chi connectivity index (χ4v) is 3.58. The molecular weight excluding hydrogens is 414 g/mol. The zero-order chi connectivity index (χ0) is 15.9. The van der Waals surface area contributed by atoms with Crippen LogP contribution >= 0.6 is 31.9 Å². The van der Waals surface area contributed by atoms with E-state index in [1.165, 1.54) is 0 Å². The number of fused-ring (bicyclic) bond motifs is 1. The summed E-state index contributed by atoms with van der Waals surface area (Å²) in [5.41, 5.74) is 1.54. The predicted octanol–water partition coefficient (Wildman–Crippen LogP) is 4.68. The second kappa shape index (κ2) is 6.08. The molecule has 0 bridgehead atoms. The summed E-state index contributed by atoms with van der Waals surface area (Å²) in [5, 5.41) is 3.08. The Kier molecular flexibility index (Phi) is 4.32. The summed E-state index contributed by atoms with van der Waals surface area (Å²) in [6.45, 7) is 4.21. The number of halogens is 2. The zero-order valence-electron chi connectivity index (χ0n) is 12.2. The van der Waals surface area contributed by atoms with E-state index in [-0.39, 0.29) is 11.9 Å². The molecule has 2 aromatic rings. The number of amides is 1. The van der Waals surface area contributed by atoms with Gasteiger partial charge < -0.3 is 14.5 Å². The Labute approximate surface area is 145 Å². The average molecular weight is 429 g/mol. The van der Waals surface area contributed by atoms with Gasteiger partial charge in [0.05, 0.1) is 22.7 Å². The van der Waals surface area contributed by atoms with E-state index in [4.69, 9.17) is 9.15 Å². The number of furan rings is 1. The van der Waals surface area contributed by atoms with Gasteiger partial charge in [0.15, 0.2) is 0 Å². The summed E-state index contributed by atoms with van der Waals surface area (Å²) in [7, 11) is 0. The highest BCUT2D eigenvalue weighted by molar-refractivity contribution is 9.10. The number of rotatable bonds is 2. The van der Waals surface area contributed by atoms with Crippen LogP contribution in [0.2, 0.25) is 0 Å². The number of ether oxygens (including phenoxy) is 1. The number of carbonyl (C=O) groups excluding carboxylic acids is 1. The fourth-order valence-electron chi connectivity index (χ4n) is 2.66. The van der Waals surface area contributed by atoms with E-state index in [0.29, 0.717) is 28.2 Å². The third kappa shape index (κ3) is 2.82. The van der Waals surface area contributed by atoms with E-state index >= 15 is 0 Å². The van der Waals surface area contributed by atoms with Crippen LogP contribution in [0.4, 0.5) is 0 Å². The minimum atomic E-state index is -0.140. The Hall–Kier alpha value is -1.27. The molecule has 0 aliphatic carbocycles. The number of benzene rings is 1. The summed E-state index contributed by atoms with van der Waals surface area (Å²) in [6.07, 6.45) is 0.739. The second-order valence-electron chi connectivity index (χ2n) is 5.25. The van der Waals surface area contributed by atoms with Gasteiger partial charge in [0.2, 0.25) is 0 Å². The van der Waals surface area contributed by atoms with Crippen LogP contribution < -0.4 is 10.1 Å². The number of aryl methyl sites for hydroxylation is 2. The number of hydrogen-bond acceptors (Lipinski definition) is 3. The van der Waals surface area contributed by atoms with Crippen LogP contribution in [0.5, 0.6) is 5.75 Å². The first kappa shape index (κ1) is 15.6. The Balaban J connectivity index is 1.88. The molecule has 2 heterocycles. The summed E-state index contributed by atoms with van der Waals surface area (Å²) >= 11 is 6.89. The Morgan fingerprint density at radius 2 is 2.05 bits per heavy atom. The van der Waals surface area contributed by atoms with Gasteiger partial charge in [-0.3, -0.25) is 4.79 Å².